The fourth-order valence-electron chi connectivity index (χ4n) is 6.45. The fourth-order valence-corrected chi connectivity index (χ4v) is 6.45. The number of carbonyl (C=O) groups is 6. The normalized spacial score (nSPS) is 20.0. The third-order valence-electron chi connectivity index (χ3n) is 9.45. The van der Waals surface area contributed by atoms with Gasteiger partial charge in [-0.15, -0.1) is 0 Å². The lowest BCUT2D eigenvalue weighted by molar-refractivity contribution is -0.149. The van der Waals surface area contributed by atoms with Gasteiger partial charge in [-0.2, -0.15) is 0 Å². The van der Waals surface area contributed by atoms with Crippen LogP contribution in [0.25, 0.3) is 0 Å². The molecule has 0 bridgehead atoms. The number of nitrogens with zero attached hydrogens (tertiary/aromatic N) is 1. The number of ketones is 3. The minimum Gasteiger partial charge on any atom is -0.464 e. The molecule has 0 aliphatic carbocycles. The average molecular weight is 698 g/mol. The Morgan fingerprint density at radius 1 is 0.840 bits per heavy atom. The Morgan fingerprint density at radius 2 is 1.42 bits per heavy atom. The highest BCUT2D eigenvalue weighted by molar-refractivity contribution is 5.98. The predicted molar refractivity (Wildman–Crippen MR) is 190 cm³/mol. The first-order chi connectivity index (χ1) is 23.7. The number of hydrogen-bond acceptors (Lipinski definition) is 9. The SMILES string of the molecule is CC(=O)C[C@@H](CCc1ccccc1)C(=O)N[C@@H](CC(C)C)C(=O)C[C@@H](COC(=O)CN1CCCCC1)C(=O)N[C@@H](CC(C)C)C(=O)[C@@]1(C)CO1. The largest absolute Gasteiger partial charge is 0.464 e. The van der Waals surface area contributed by atoms with E-state index in [4.69, 9.17) is 9.47 Å². The van der Waals surface area contributed by atoms with E-state index in [2.05, 4.69) is 10.6 Å². The maximum Gasteiger partial charge on any atom is 0.320 e. The van der Waals surface area contributed by atoms with Crippen molar-refractivity contribution in [1.29, 1.82) is 0 Å². The molecule has 2 fully saturated rings. The molecule has 2 aliphatic heterocycles. The van der Waals surface area contributed by atoms with E-state index >= 15 is 0 Å². The molecule has 5 atom stereocenters. The molecule has 1 aromatic carbocycles. The number of nitrogens with one attached hydrogen (secondary N) is 2. The van der Waals surface area contributed by atoms with Crippen molar-refractivity contribution in [2.45, 2.75) is 117 Å². The molecule has 2 saturated heterocycles. The molecule has 2 aliphatic rings. The smallest absolute Gasteiger partial charge is 0.320 e. The molecule has 0 aromatic heterocycles. The number of aryl methyl sites for hydroxylation is 1. The van der Waals surface area contributed by atoms with Crippen molar-refractivity contribution in [3.63, 3.8) is 0 Å². The van der Waals surface area contributed by atoms with Gasteiger partial charge < -0.3 is 24.9 Å². The quantitative estimate of drug-likeness (QED) is 0.134. The van der Waals surface area contributed by atoms with E-state index in [0.717, 1.165) is 37.9 Å². The third kappa shape index (κ3) is 14.1. The van der Waals surface area contributed by atoms with Crippen LogP contribution in [0.15, 0.2) is 30.3 Å². The van der Waals surface area contributed by atoms with Gasteiger partial charge in [0.05, 0.1) is 31.2 Å². The lowest BCUT2D eigenvalue weighted by Crippen LogP contribution is -2.50. The highest BCUT2D eigenvalue weighted by atomic mass is 16.6. The fraction of sp³-hybridized carbons (Fsp3) is 0.692. The Kier molecular flexibility index (Phi) is 16.2. The summed E-state index contributed by atoms with van der Waals surface area (Å²) < 4.78 is 11.0. The number of Topliss-reactive ketones (excluding diaryl/α,β-unsaturated/α-hetero) is 3. The molecule has 0 saturated carbocycles. The molecule has 11 nitrogen and oxygen atoms in total. The van der Waals surface area contributed by atoms with Gasteiger partial charge >= 0.3 is 5.97 Å². The van der Waals surface area contributed by atoms with Crippen LogP contribution in [0.1, 0.15) is 98.5 Å². The highest BCUT2D eigenvalue weighted by Gasteiger charge is 2.50. The number of esters is 1. The molecule has 0 unspecified atom stereocenters. The monoisotopic (exact) mass is 697 g/mol. The number of benzene rings is 1. The van der Waals surface area contributed by atoms with Crippen molar-refractivity contribution in [1.82, 2.24) is 15.5 Å². The van der Waals surface area contributed by atoms with Gasteiger partial charge in [0, 0.05) is 18.8 Å². The topological polar surface area (TPSA) is 151 Å². The number of epoxide rings is 1. The molecule has 1 aromatic rings. The zero-order valence-corrected chi connectivity index (χ0v) is 31.0. The summed E-state index contributed by atoms with van der Waals surface area (Å²) in [5.41, 5.74) is 0.0895. The molecule has 50 heavy (non-hydrogen) atoms. The summed E-state index contributed by atoms with van der Waals surface area (Å²) in [4.78, 5) is 81.8. The van der Waals surface area contributed by atoms with Crippen LogP contribution in [0.5, 0.6) is 0 Å². The first-order valence-corrected chi connectivity index (χ1v) is 18.4. The first kappa shape index (κ1) is 41.0. The van der Waals surface area contributed by atoms with Crippen LogP contribution in [0.4, 0.5) is 0 Å². The predicted octanol–water partition coefficient (Wildman–Crippen LogP) is 4.24. The summed E-state index contributed by atoms with van der Waals surface area (Å²) >= 11 is 0. The number of likely N-dealkylation sites (tertiary alicyclic amines) is 1. The summed E-state index contributed by atoms with van der Waals surface area (Å²) in [6, 6.07) is 7.94. The molecule has 0 spiro atoms. The van der Waals surface area contributed by atoms with Crippen LogP contribution in [0.3, 0.4) is 0 Å². The third-order valence-corrected chi connectivity index (χ3v) is 9.45. The second-order valence-electron chi connectivity index (χ2n) is 15.3. The molecule has 11 heteroatoms. The van der Waals surface area contributed by atoms with E-state index in [1.54, 1.807) is 6.92 Å². The highest BCUT2D eigenvalue weighted by Crippen LogP contribution is 2.30. The van der Waals surface area contributed by atoms with Crippen LogP contribution >= 0.6 is 0 Å². The Labute approximate surface area is 298 Å². The van der Waals surface area contributed by atoms with Crippen LogP contribution in [-0.4, -0.2) is 90.6 Å². The van der Waals surface area contributed by atoms with E-state index in [-0.39, 0.29) is 67.7 Å². The van der Waals surface area contributed by atoms with Crippen LogP contribution in [0.2, 0.25) is 0 Å². The lowest BCUT2D eigenvalue weighted by Gasteiger charge is -2.27. The number of rotatable bonds is 22. The van der Waals surface area contributed by atoms with E-state index in [1.807, 2.05) is 62.9 Å². The van der Waals surface area contributed by atoms with Crippen molar-refractivity contribution in [3.05, 3.63) is 35.9 Å². The molecule has 2 heterocycles. The summed E-state index contributed by atoms with van der Waals surface area (Å²) in [6.07, 6.45) is 4.60. The van der Waals surface area contributed by atoms with E-state index in [0.29, 0.717) is 25.7 Å². The van der Waals surface area contributed by atoms with Crippen molar-refractivity contribution in [3.8, 4) is 0 Å². The zero-order chi connectivity index (χ0) is 36.8. The van der Waals surface area contributed by atoms with Gasteiger partial charge in [-0.25, -0.2) is 0 Å². The number of hydrogen-bond donors (Lipinski definition) is 2. The van der Waals surface area contributed by atoms with Crippen molar-refractivity contribution in [2.75, 3.05) is 32.8 Å². The molecule has 0 radical (unpaired) electrons. The maximum atomic E-state index is 14.0. The molecule has 2 N–H and O–H groups in total. The van der Waals surface area contributed by atoms with Gasteiger partial charge in [-0.3, -0.25) is 28.9 Å². The molecule has 3 rings (SSSR count). The van der Waals surface area contributed by atoms with Gasteiger partial charge in [0.1, 0.15) is 18.0 Å². The molecular formula is C39H59N3O8. The van der Waals surface area contributed by atoms with Gasteiger partial charge in [-0.05, 0) is 82.9 Å². The number of carbonyl (C=O) groups excluding carboxylic acids is 6. The Bertz CT molecular complexity index is 1300. The van der Waals surface area contributed by atoms with Crippen LogP contribution < -0.4 is 10.6 Å². The number of ether oxygens (including phenoxy) is 2. The maximum absolute atomic E-state index is 14.0. The van der Waals surface area contributed by atoms with Crippen molar-refractivity contribution >= 4 is 35.1 Å². The molecular weight excluding hydrogens is 638 g/mol. The van der Waals surface area contributed by atoms with Crippen molar-refractivity contribution < 1.29 is 38.2 Å². The zero-order valence-electron chi connectivity index (χ0n) is 31.0. The van der Waals surface area contributed by atoms with Gasteiger partial charge in [0.25, 0.3) is 0 Å². The van der Waals surface area contributed by atoms with Crippen molar-refractivity contribution in [2.24, 2.45) is 23.7 Å². The van der Waals surface area contributed by atoms with E-state index in [1.165, 1.54) is 6.92 Å². The summed E-state index contributed by atoms with van der Waals surface area (Å²) in [6.45, 7) is 12.5. The number of amides is 2. The molecule has 2 amide bonds. The van der Waals surface area contributed by atoms with Gasteiger partial charge in [0.2, 0.25) is 11.8 Å². The van der Waals surface area contributed by atoms with E-state index in [9.17, 15) is 28.8 Å². The van der Waals surface area contributed by atoms with Gasteiger partial charge in [0.15, 0.2) is 11.6 Å². The minimum absolute atomic E-state index is 0.0294. The summed E-state index contributed by atoms with van der Waals surface area (Å²) in [7, 11) is 0. The molecule has 278 valence electrons. The summed E-state index contributed by atoms with van der Waals surface area (Å²) in [5.74, 6) is -3.76. The summed E-state index contributed by atoms with van der Waals surface area (Å²) in [5, 5.41) is 5.76. The van der Waals surface area contributed by atoms with E-state index < -0.39 is 41.4 Å². The van der Waals surface area contributed by atoms with Crippen LogP contribution in [-0.2, 0) is 44.7 Å². The second-order valence-corrected chi connectivity index (χ2v) is 15.3. The number of piperidine rings is 1. The standard InChI is InChI=1S/C39H59N3O8/c1-26(2)19-32(40-37(47)30(21-28(5)43)16-15-29-13-9-7-10-14-29)34(44)22-31(24-49-35(45)23-42-17-11-8-12-18-42)38(48)41-33(20-27(3)4)36(46)39(6)25-50-39/h7,9-10,13-14,26-27,30-33H,8,11-12,15-25H2,1-6H3,(H,40,47)(H,41,48)/t30-,31+,32+,33+,39-/m1/s1. The Balaban J connectivity index is 1.77. The lowest BCUT2D eigenvalue weighted by atomic mass is 9.90. The first-order valence-electron chi connectivity index (χ1n) is 18.4. The average Bonchev–Trinajstić information content (AvgIpc) is 3.82. The van der Waals surface area contributed by atoms with Crippen LogP contribution in [0, 0.1) is 23.7 Å². The van der Waals surface area contributed by atoms with Gasteiger partial charge in [-0.1, -0.05) is 64.4 Å². The Hall–Kier alpha value is -3.44. The minimum atomic E-state index is -1.08. The Morgan fingerprint density at radius 3 is 2.00 bits per heavy atom. The second kappa shape index (κ2) is 19.8.